The summed E-state index contributed by atoms with van der Waals surface area (Å²) in [4.78, 5) is 21.3. The quantitative estimate of drug-likeness (QED) is 0.153. The number of rotatable bonds is 7. The molecule has 0 aliphatic carbocycles. The van der Waals surface area contributed by atoms with E-state index in [4.69, 9.17) is 14.5 Å². The maximum Gasteiger partial charge on any atom is 0.264 e. The first-order chi connectivity index (χ1) is 22.0. The number of nitrogens with one attached hydrogen (secondary N) is 1. The van der Waals surface area contributed by atoms with Crippen molar-refractivity contribution in [2.24, 2.45) is 4.99 Å². The van der Waals surface area contributed by atoms with Crippen molar-refractivity contribution in [2.45, 2.75) is 31.6 Å². The third-order valence-electron chi connectivity index (χ3n) is 8.72. The number of aliphatic imine (C=N–C) groups is 1. The van der Waals surface area contributed by atoms with Gasteiger partial charge in [0.2, 0.25) is 0 Å². The second-order valence-corrected chi connectivity index (χ2v) is 13.6. The molecule has 3 aliphatic rings. The maximum atomic E-state index is 13.1. The van der Waals surface area contributed by atoms with Gasteiger partial charge in [0.25, 0.3) is 5.91 Å². The first-order valence-corrected chi connectivity index (χ1v) is 17.2. The van der Waals surface area contributed by atoms with Gasteiger partial charge in [-0.25, -0.2) is 4.99 Å². The maximum absolute atomic E-state index is 13.1. The van der Waals surface area contributed by atoms with Gasteiger partial charge in [-0.15, -0.1) is 0 Å². The molecule has 45 heavy (non-hydrogen) atoms. The fourth-order valence-corrected chi connectivity index (χ4v) is 8.38. The summed E-state index contributed by atoms with van der Waals surface area (Å²) >= 11 is 3.61. The molecule has 0 bridgehead atoms. The number of amides is 1. The molecule has 0 unspecified atom stereocenters. The van der Waals surface area contributed by atoms with Gasteiger partial charge in [-0.2, -0.15) is 0 Å². The van der Waals surface area contributed by atoms with E-state index < -0.39 is 0 Å². The molecule has 1 N–H and O–H groups in total. The van der Waals surface area contributed by atoms with Crippen LogP contribution < -0.4 is 19.7 Å². The van der Waals surface area contributed by atoms with Crippen molar-refractivity contribution < 1.29 is 14.3 Å². The van der Waals surface area contributed by atoms with E-state index in [0.29, 0.717) is 40.0 Å². The van der Waals surface area contributed by atoms with E-state index in [0.717, 1.165) is 40.8 Å². The second-order valence-electron chi connectivity index (χ2n) is 11.4. The number of ether oxygens (including phenoxy) is 2. The smallest absolute Gasteiger partial charge is 0.264 e. The highest BCUT2D eigenvalue weighted by atomic mass is 127. The first kappa shape index (κ1) is 29.9. The summed E-state index contributed by atoms with van der Waals surface area (Å²) in [5.41, 5.74) is 8.42. The lowest BCUT2D eigenvalue weighted by atomic mass is 9.76. The Morgan fingerprint density at radius 3 is 2.16 bits per heavy atom. The number of carbonyl (C=O) groups is 1. The SMILES string of the molecule is CCOc1c(I)cc(/C=C2\SC(=Nc3cc4c5c(c3)[C@H](c3ccccc3)CCN5CC[C@H]4c3ccccc3)NC2=O)cc1OC. The summed E-state index contributed by atoms with van der Waals surface area (Å²) in [6.45, 7) is 4.59. The van der Waals surface area contributed by atoms with Gasteiger partial charge in [0, 0.05) is 30.6 Å². The molecule has 8 heteroatoms. The summed E-state index contributed by atoms with van der Waals surface area (Å²) < 4.78 is 12.3. The van der Waals surface area contributed by atoms with Crippen LogP contribution in [0.25, 0.3) is 6.08 Å². The lowest BCUT2D eigenvalue weighted by Gasteiger charge is -2.43. The van der Waals surface area contributed by atoms with Gasteiger partial charge in [0.15, 0.2) is 16.7 Å². The number of methoxy groups -OCH3 is 1. The van der Waals surface area contributed by atoms with Crippen molar-refractivity contribution in [1.29, 1.82) is 0 Å². The molecule has 7 rings (SSSR count). The molecule has 4 aromatic carbocycles. The van der Waals surface area contributed by atoms with Crippen molar-refractivity contribution in [3.63, 3.8) is 0 Å². The predicted molar refractivity (Wildman–Crippen MR) is 192 cm³/mol. The van der Waals surface area contributed by atoms with E-state index in [9.17, 15) is 4.79 Å². The number of hydrogen-bond acceptors (Lipinski definition) is 6. The van der Waals surface area contributed by atoms with Gasteiger partial charge in [0.1, 0.15) is 0 Å². The van der Waals surface area contributed by atoms with Crippen LogP contribution in [0.3, 0.4) is 0 Å². The number of anilines is 1. The Labute approximate surface area is 282 Å². The molecule has 228 valence electrons. The van der Waals surface area contributed by atoms with Crippen molar-refractivity contribution >= 4 is 62.9 Å². The first-order valence-electron chi connectivity index (χ1n) is 15.3. The average molecular weight is 728 g/mol. The van der Waals surface area contributed by atoms with Gasteiger partial charge >= 0.3 is 0 Å². The van der Waals surface area contributed by atoms with Crippen LogP contribution in [0.2, 0.25) is 0 Å². The van der Waals surface area contributed by atoms with E-state index in [1.54, 1.807) is 7.11 Å². The van der Waals surface area contributed by atoms with Crippen LogP contribution >= 0.6 is 34.4 Å². The third-order valence-corrected chi connectivity index (χ3v) is 10.4. The molecular weight excluding hydrogens is 693 g/mol. The molecule has 6 nitrogen and oxygen atoms in total. The zero-order valence-electron chi connectivity index (χ0n) is 25.3. The number of nitrogens with zero attached hydrogens (tertiary/aromatic N) is 2. The Bertz CT molecular complexity index is 1740. The minimum atomic E-state index is -0.156. The number of thioether (sulfide) groups is 1. The minimum absolute atomic E-state index is 0.156. The number of halogens is 1. The molecule has 2 atom stereocenters. The summed E-state index contributed by atoms with van der Waals surface area (Å²) in [6, 6.07) is 30.0. The lowest BCUT2D eigenvalue weighted by molar-refractivity contribution is -0.115. The van der Waals surface area contributed by atoms with Crippen molar-refractivity contribution in [1.82, 2.24) is 5.32 Å². The lowest BCUT2D eigenvalue weighted by Crippen LogP contribution is -2.37. The molecule has 3 aliphatic heterocycles. The van der Waals surface area contributed by atoms with Crippen LogP contribution in [0, 0.1) is 3.57 Å². The normalized spacial score (nSPS) is 20.7. The molecular formula is C37H34IN3O3S. The molecule has 0 saturated carbocycles. The molecule has 1 saturated heterocycles. The number of hydrogen-bond donors (Lipinski definition) is 1. The van der Waals surface area contributed by atoms with Gasteiger partial charge in [-0.1, -0.05) is 60.7 Å². The Morgan fingerprint density at radius 1 is 0.956 bits per heavy atom. The molecule has 0 aromatic heterocycles. The van der Waals surface area contributed by atoms with Crippen LogP contribution in [0.5, 0.6) is 11.5 Å². The topological polar surface area (TPSA) is 63.2 Å². The van der Waals surface area contributed by atoms with Crippen LogP contribution in [-0.2, 0) is 4.79 Å². The summed E-state index contributed by atoms with van der Waals surface area (Å²) in [7, 11) is 1.63. The molecule has 0 radical (unpaired) electrons. The van der Waals surface area contributed by atoms with E-state index in [2.05, 4.69) is 106 Å². The minimum Gasteiger partial charge on any atom is -0.493 e. The van der Waals surface area contributed by atoms with Gasteiger partial charge in [-0.3, -0.25) is 4.79 Å². The monoisotopic (exact) mass is 727 g/mol. The standard InChI is InChI=1S/C37H34IN3O3S/c1-3-44-35-31(38)18-23(19-32(35)43-2)20-33-36(42)40-37(45-33)39-26-21-29-27(24-10-6-4-7-11-24)14-16-41-17-15-28(30(22-26)34(29)41)25-12-8-5-9-13-25/h4-13,18-22,27-28H,3,14-17H2,1-2H3,(H,39,40,42)/b33-20-/t27-,28-/m0/s1. The van der Waals surface area contributed by atoms with E-state index in [-0.39, 0.29) is 5.91 Å². The third kappa shape index (κ3) is 5.97. The number of carbonyl (C=O) groups excluding carboxylic acids is 1. The van der Waals surface area contributed by atoms with Crippen molar-refractivity contribution in [2.75, 3.05) is 31.7 Å². The molecule has 1 amide bonds. The highest BCUT2D eigenvalue weighted by Gasteiger charge is 2.35. The molecule has 0 spiro atoms. The fraction of sp³-hybridized carbons (Fsp3) is 0.243. The summed E-state index contributed by atoms with van der Waals surface area (Å²) in [5.74, 6) is 1.79. The fourth-order valence-electron chi connectivity index (χ4n) is 6.76. The predicted octanol–water partition coefficient (Wildman–Crippen LogP) is 8.47. The zero-order chi connectivity index (χ0) is 30.9. The molecule has 3 heterocycles. The van der Waals surface area contributed by atoms with Crippen LogP contribution in [0.1, 0.15) is 59.4 Å². The van der Waals surface area contributed by atoms with Crippen molar-refractivity contribution in [3.8, 4) is 11.5 Å². The Morgan fingerprint density at radius 2 is 1.58 bits per heavy atom. The van der Waals surface area contributed by atoms with E-state index in [1.807, 2.05) is 25.1 Å². The molecule has 4 aromatic rings. The van der Waals surface area contributed by atoms with Crippen LogP contribution in [-0.4, -0.2) is 37.9 Å². The van der Waals surface area contributed by atoms with E-state index in [1.165, 1.54) is 39.7 Å². The van der Waals surface area contributed by atoms with Gasteiger partial charge in [-0.05, 0) is 112 Å². The second kappa shape index (κ2) is 12.9. The molecule has 1 fully saturated rings. The van der Waals surface area contributed by atoms with Gasteiger partial charge in [0.05, 0.1) is 27.9 Å². The number of benzene rings is 4. The Hall–Kier alpha value is -3.76. The Kier molecular flexibility index (Phi) is 8.59. The van der Waals surface area contributed by atoms with Gasteiger partial charge < -0.3 is 19.7 Å². The highest BCUT2D eigenvalue weighted by molar-refractivity contribution is 14.1. The number of amidine groups is 1. The van der Waals surface area contributed by atoms with E-state index >= 15 is 0 Å². The summed E-state index contributed by atoms with van der Waals surface area (Å²) in [5, 5.41) is 3.60. The summed E-state index contributed by atoms with van der Waals surface area (Å²) in [6.07, 6.45) is 4.01. The largest absolute Gasteiger partial charge is 0.493 e. The zero-order valence-corrected chi connectivity index (χ0v) is 28.2. The Balaban J connectivity index is 1.28. The average Bonchev–Trinajstić information content (AvgIpc) is 3.40. The highest BCUT2D eigenvalue weighted by Crippen LogP contribution is 2.50. The van der Waals surface area contributed by atoms with Crippen LogP contribution in [0.4, 0.5) is 11.4 Å². The van der Waals surface area contributed by atoms with Crippen molar-refractivity contribution in [3.05, 3.63) is 121 Å². The van der Waals surface area contributed by atoms with Crippen LogP contribution in [0.15, 0.2) is 94.8 Å².